The van der Waals surface area contributed by atoms with Gasteiger partial charge >= 0.3 is 5.97 Å². The van der Waals surface area contributed by atoms with Gasteiger partial charge in [0.25, 0.3) is 0 Å². The van der Waals surface area contributed by atoms with Gasteiger partial charge in [0.1, 0.15) is 37.1 Å². The van der Waals surface area contributed by atoms with Crippen LogP contribution < -0.4 is 9.47 Å². The summed E-state index contributed by atoms with van der Waals surface area (Å²) < 4.78 is 37.6. The van der Waals surface area contributed by atoms with Crippen molar-refractivity contribution >= 4 is 5.97 Å². The Morgan fingerprint density at radius 1 is 1.10 bits per heavy atom. The maximum absolute atomic E-state index is 12.6. The number of aromatic hydroxyl groups is 1. The number of phenolic OH excluding ortho intramolecular Hbond substituents is 1. The third kappa shape index (κ3) is 7.09. The van der Waals surface area contributed by atoms with Crippen LogP contribution in [0.5, 0.6) is 17.2 Å². The van der Waals surface area contributed by atoms with E-state index in [4.69, 9.17) is 33.2 Å². The van der Waals surface area contributed by atoms with E-state index in [0.29, 0.717) is 12.3 Å². The zero-order valence-electron chi connectivity index (χ0n) is 22.3. The molecule has 0 aliphatic carbocycles. The van der Waals surface area contributed by atoms with Crippen LogP contribution in [0.4, 0.5) is 0 Å². The van der Waals surface area contributed by atoms with Gasteiger partial charge < -0.3 is 63.8 Å². The molecule has 0 bridgehead atoms. The van der Waals surface area contributed by atoms with Crippen LogP contribution in [0.2, 0.25) is 0 Å². The molecule has 2 saturated heterocycles. The molecule has 0 spiro atoms. The van der Waals surface area contributed by atoms with Gasteiger partial charge in [-0.05, 0) is 24.5 Å². The number of phenols is 1. The molecule has 222 valence electrons. The lowest BCUT2D eigenvalue weighted by atomic mass is 9.98. The molecule has 0 amide bonds. The molecule has 0 aromatic heterocycles. The molecular weight excluding hydrogens is 524 g/mol. The average molecular weight is 563 g/mol. The van der Waals surface area contributed by atoms with Gasteiger partial charge in [-0.2, -0.15) is 0 Å². The van der Waals surface area contributed by atoms with Crippen LogP contribution in [-0.2, 0) is 23.7 Å². The van der Waals surface area contributed by atoms with Crippen molar-refractivity contribution in [2.24, 2.45) is 5.92 Å². The molecule has 3 rings (SSSR count). The van der Waals surface area contributed by atoms with Gasteiger partial charge in [-0.25, -0.2) is 4.79 Å². The fourth-order valence-corrected chi connectivity index (χ4v) is 4.09. The van der Waals surface area contributed by atoms with Crippen LogP contribution in [0.15, 0.2) is 12.1 Å². The normalized spacial score (nSPS) is 32.8. The number of carbonyl (C=O) groups excluding carboxylic acids is 1. The molecule has 2 fully saturated rings. The molecule has 14 nitrogen and oxygen atoms in total. The van der Waals surface area contributed by atoms with Crippen LogP contribution in [0.25, 0.3) is 0 Å². The Morgan fingerprint density at radius 2 is 1.74 bits per heavy atom. The summed E-state index contributed by atoms with van der Waals surface area (Å²) in [6, 6.07) is 2.43. The van der Waals surface area contributed by atoms with Crippen molar-refractivity contribution in [1.29, 1.82) is 0 Å². The van der Waals surface area contributed by atoms with Gasteiger partial charge in [-0.1, -0.05) is 13.8 Å². The summed E-state index contributed by atoms with van der Waals surface area (Å²) in [5.74, 6) is -1.00. The number of benzene rings is 1. The number of ether oxygens (including phenoxy) is 7. The predicted molar refractivity (Wildman–Crippen MR) is 130 cm³/mol. The highest BCUT2D eigenvalue weighted by atomic mass is 16.8. The number of aliphatic hydroxyl groups excluding tert-OH is 4. The lowest BCUT2D eigenvalue weighted by Crippen LogP contribution is -2.61. The second kappa shape index (κ2) is 13.4. The van der Waals surface area contributed by atoms with Crippen LogP contribution in [0.3, 0.4) is 0 Å². The third-order valence-corrected chi connectivity index (χ3v) is 6.57. The Kier molecular flexibility index (Phi) is 10.7. The average Bonchev–Trinajstić information content (AvgIpc) is 3.19. The SMILES string of the molecule is COc1cc(C(=O)OC[C@@]2(O)CO[C@@H](O[C@H]3[C@H](OCCC(C)C)O[C@H](CO)[C@@H](O)[C@@H]3O)[C@@H]2O)cc(OC)c1O. The van der Waals surface area contributed by atoms with Crippen LogP contribution in [-0.4, -0.2) is 126 Å². The number of hydrogen-bond donors (Lipinski definition) is 6. The molecule has 6 N–H and O–H groups in total. The molecule has 1 aromatic rings. The number of esters is 1. The first kappa shape index (κ1) is 31.3. The van der Waals surface area contributed by atoms with E-state index in [2.05, 4.69) is 0 Å². The molecule has 2 aliphatic rings. The van der Waals surface area contributed by atoms with Crippen molar-refractivity contribution in [3.63, 3.8) is 0 Å². The maximum atomic E-state index is 12.6. The smallest absolute Gasteiger partial charge is 0.338 e. The molecule has 0 saturated carbocycles. The fourth-order valence-electron chi connectivity index (χ4n) is 4.09. The number of aliphatic hydroxyl groups is 5. The standard InChI is InChI=1S/C25H38O14/c1-12(2)5-6-35-23-20(19(29)18(28)16(9-26)38-23)39-24-21(30)25(32,11-37-24)10-36-22(31)13-7-14(33-3)17(27)15(8-13)34-4/h7-8,12,16,18-21,23-24,26-30,32H,5-6,9-11H2,1-4H3/t16-,18-,19+,20-,21+,23-,24+,25-/m1/s1. The molecule has 2 aliphatic heterocycles. The molecule has 14 heteroatoms. The minimum absolute atomic E-state index is 0.0400. The number of methoxy groups -OCH3 is 2. The van der Waals surface area contributed by atoms with Gasteiger partial charge in [0.2, 0.25) is 5.75 Å². The maximum Gasteiger partial charge on any atom is 0.338 e. The minimum atomic E-state index is -2.09. The molecule has 39 heavy (non-hydrogen) atoms. The van der Waals surface area contributed by atoms with Crippen molar-refractivity contribution in [3.05, 3.63) is 17.7 Å². The summed E-state index contributed by atoms with van der Waals surface area (Å²) in [4.78, 5) is 12.6. The van der Waals surface area contributed by atoms with Gasteiger partial charge in [0.15, 0.2) is 29.7 Å². The van der Waals surface area contributed by atoms with Gasteiger partial charge in [-0.15, -0.1) is 0 Å². The van der Waals surface area contributed by atoms with E-state index >= 15 is 0 Å². The number of hydrogen-bond acceptors (Lipinski definition) is 14. The van der Waals surface area contributed by atoms with E-state index in [1.807, 2.05) is 13.8 Å². The lowest BCUT2D eigenvalue weighted by Gasteiger charge is -2.42. The Labute approximate surface area is 225 Å². The number of carbonyl (C=O) groups is 1. The van der Waals surface area contributed by atoms with Gasteiger partial charge in [-0.3, -0.25) is 0 Å². The molecule has 8 atom stereocenters. The summed E-state index contributed by atoms with van der Waals surface area (Å²) in [5, 5.41) is 62.2. The van der Waals surface area contributed by atoms with Crippen molar-refractivity contribution in [2.75, 3.05) is 40.6 Å². The quantitative estimate of drug-likeness (QED) is 0.168. The molecule has 0 radical (unpaired) electrons. The molecule has 1 aromatic carbocycles. The summed E-state index contributed by atoms with van der Waals surface area (Å²) in [6.45, 7) is 2.41. The van der Waals surface area contributed by atoms with E-state index in [-0.39, 0.29) is 29.4 Å². The van der Waals surface area contributed by atoms with Crippen molar-refractivity contribution < 1.29 is 68.6 Å². The van der Waals surface area contributed by atoms with Crippen LogP contribution in [0.1, 0.15) is 30.6 Å². The Hall–Kier alpha value is -2.27. The van der Waals surface area contributed by atoms with Gasteiger partial charge in [0, 0.05) is 0 Å². The number of rotatable bonds is 12. The lowest BCUT2D eigenvalue weighted by molar-refractivity contribution is -0.336. The highest BCUT2D eigenvalue weighted by Gasteiger charge is 2.54. The Balaban J connectivity index is 1.66. The van der Waals surface area contributed by atoms with Crippen molar-refractivity contribution in [1.82, 2.24) is 0 Å². The Bertz CT molecular complexity index is 932. The molecule has 2 heterocycles. The first-order chi connectivity index (χ1) is 18.4. The monoisotopic (exact) mass is 562 g/mol. The molecule has 0 unspecified atom stereocenters. The summed E-state index contributed by atoms with van der Waals surface area (Å²) in [6.07, 6.45) is -9.42. The predicted octanol–water partition coefficient (Wildman–Crippen LogP) is -1.10. The van der Waals surface area contributed by atoms with Crippen molar-refractivity contribution in [2.45, 2.75) is 69.0 Å². The highest BCUT2D eigenvalue weighted by Crippen LogP contribution is 2.37. The van der Waals surface area contributed by atoms with Gasteiger partial charge in [0.05, 0.1) is 39.6 Å². The first-order valence-electron chi connectivity index (χ1n) is 12.5. The zero-order valence-corrected chi connectivity index (χ0v) is 22.3. The van der Waals surface area contributed by atoms with E-state index in [1.165, 1.54) is 26.4 Å². The van der Waals surface area contributed by atoms with Crippen molar-refractivity contribution in [3.8, 4) is 17.2 Å². The topological polar surface area (TPSA) is 203 Å². The van der Waals surface area contributed by atoms with E-state index in [0.717, 1.165) is 0 Å². The minimum Gasteiger partial charge on any atom is -0.502 e. The van der Waals surface area contributed by atoms with E-state index in [9.17, 15) is 35.4 Å². The van der Waals surface area contributed by atoms with E-state index in [1.54, 1.807) is 0 Å². The largest absolute Gasteiger partial charge is 0.502 e. The zero-order chi connectivity index (χ0) is 28.9. The third-order valence-electron chi connectivity index (χ3n) is 6.57. The fraction of sp³-hybridized carbons (Fsp3) is 0.720. The second-order valence-corrected chi connectivity index (χ2v) is 9.89. The summed E-state index contributed by atoms with van der Waals surface area (Å²) >= 11 is 0. The first-order valence-corrected chi connectivity index (χ1v) is 12.5. The van der Waals surface area contributed by atoms with Crippen LogP contribution >= 0.6 is 0 Å². The summed E-state index contributed by atoms with van der Waals surface area (Å²) in [5.41, 5.74) is -2.14. The Morgan fingerprint density at radius 3 is 2.31 bits per heavy atom. The van der Waals surface area contributed by atoms with Crippen LogP contribution in [0, 0.1) is 5.92 Å². The van der Waals surface area contributed by atoms with E-state index < -0.39 is 74.5 Å². The highest BCUT2D eigenvalue weighted by molar-refractivity contribution is 5.91. The molecular formula is C25H38O14. The summed E-state index contributed by atoms with van der Waals surface area (Å²) in [7, 11) is 2.58. The second-order valence-electron chi connectivity index (χ2n) is 9.89.